The van der Waals surface area contributed by atoms with E-state index in [1.807, 2.05) is 6.92 Å². The molecule has 7 heteroatoms. The van der Waals surface area contributed by atoms with Crippen LogP contribution in [0.5, 0.6) is 0 Å². The molecule has 0 aliphatic rings. The van der Waals surface area contributed by atoms with Crippen molar-refractivity contribution in [3.63, 3.8) is 0 Å². The fraction of sp³-hybridized carbons (Fsp3) is 0.429. The van der Waals surface area contributed by atoms with Crippen LogP contribution in [0.25, 0.3) is 0 Å². The van der Waals surface area contributed by atoms with Crippen LogP contribution in [-0.4, -0.2) is 36.9 Å². The quantitative estimate of drug-likeness (QED) is 0.721. The van der Waals surface area contributed by atoms with Crippen LogP contribution in [0.15, 0.2) is 18.2 Å². The molecule has 6 nitrogen and oxygen atoms in total. The highest BCUT2D eigenvalue weighted by molar-refractivity contribution is 5.93. The summed E-state index contributed by atoms with van der Waals surface area (Å²) in [6, 6.07) is 2.41. The van der Waals surface area contributed by atoms with E-state index < -0.39 is 17.8 Å². The summed E-state index contributed by atoms with van der Waals surface area (Å²) in [5.74, 6) is -1.89. The Kier molecular flexibility index (Phi) is 6.61. The van der Waals surface area contributed by atoms with Gasteiger partial charge in [-0.3, -0.25) is 0 Å². The van der Waals surface area contributed by atoms with Gasteiger partial charge < -0.3 is 20.5 Å². The highest BCUT2D eigenvalue weighted by Crippen LogP contribution is 2.16. The number of ether oxygens (including phenoxy) is 1. The number of urea groups is 1. The van der Waals surface area contributed by atoms with Gasteiger partial charge in [-0.05, 0) is 24.6 Å². The normalized spacial score (nSPS) is 11.8. The number of hydrogen-bond acceptors (Lipinski definition) is 3. The van der Waals surface area contributed by atoms with Gasteiger partial charge in [0, 0.05) is 7.11 Å². The van der Waals surface area contributed by atoms with Gasteiger partial charge in [-0.25, -0.2) is 14.0 Å². The Morgan fingerprint density at radius 2 is 2.14 bits per heavy atom. The number of methoxy groups -OCH3 is 1. The summed E-state index contributed by atoms with van der Waals surface area (Å²) in [4.78, 5) is 22.6. The minimum atomic E-state index is -1.19. The smallest absolute Gasteiger partial charge is 0.335 e. The summed E-state index contributed by atoms with van der Waals surface area (Å²) in [6.07, 6.45) is 1.58. The molecule has 0 saturated carbocycles. The molecular weight excluding hydrogens is 279 g/mol. The maximum absolute atomic E-state index is 13.6. The molecule has 21 heavy (non-hydrogen) atoms. The number of benzene rings is 1. The Morgan fingerprint density at radius 1 is 1.43 bits per heavy atom. The Hall–Kier alpha value is -2.15. The fourth-order valence-corrected chi connectivity index (χ4v) is 1.84. The number of anilines is 1. The van der Waals surface area contributed by atoms with Crippen molar-refractivity contribution < 1.29 is 23.8 Å². The van der Waals surface area contributed by atoms with E-state index in [9.17, 15) is 14.0 Å². The third-order valence-electron chi connectivity index (χ3n) is 2.80. The van der Waals surface area contributed by atoms with Crippen molar-refractivity contribution >= 4 is 17.7 Å². The Bertz CT molecular complexity index is 502. The zero-order valence-corrected chi connectivity index (χ0v) is 12.0. The average Bonchev–Trinajstić information content (AvgIpc) is 2.41. The molecule has 1 aromatic rings. The molecule has 1 unspecified atom stereocenters. The molecule has 1 rings (SSSR count). The third-order valence-corrected chi connectivity index (χ3v) is 2.80. The molecule has 0 bridgehead atoms. The van der Waals surface area contributed by atoms with Crippen molar-refractivity contribution in [3.8, 4) is 0 Å². The van der Waals surface area contributed by atoms with Crippen LogP contribution in [0.4, 0.5) is 14.9 Å². The summed E-state index contributed by atoms with van der Waals surface area (Å²) >= 11 is 0. The summed E-state index contributed by atoms with van der Waals surface area (Å²) in [7, 11) is 1.53. The van der Waals surface area contributed by atoms with Crippen LogP contribution in [0.1, 0.15) is 30.1 Å². The topological polar surface area (TPSA) is 87.7 Å². The number of hydrogen-bond donors (Lipinski definition) is 3. The number of amides is 2. The van der Waals surface area contributed by atoms with Crippen LogP contribution in [0.3, 0.4) is 0 Å². The fourth-order valence-electron chi connectivity index (χ4n) is 1.84. The van der Waals surface area contributed by atoms with E-state index >= 15 is 0 Å². The van der Waals surface area contributed by atoms with Crippen molar-refractivity contribution in [2.45, 2.75) is 25.8 Å². The molecule has 0 aliphatic carbocycles. The zero-order valence-electron chi connectivity index (χ0n) is 12.0. The molecule has 0 heterocycles. The maximum Gasteiger partial charge on any atom is 0.335 e. The van der Waals surface area contributed by atoms with E-state index in [2.05, 4.69) is 10.6 Å². The summed E-state index contributed by atoms with van der Waals surface area (Å²) < 4.78 is 18.6. The predicted molar refractivity (Wildman–Crippen MR) is 76.1 cm³/mol. The summed E-state index contributed by atoms with van der Waals surface area (Å²) in [6.45, 7) is 2.32. The highest BCUT2D eigenvalue weighted by Gasteiger charge is 2.14. The van der Waals surface area contributed by atoms with Gasteiger partial charge in [0.15, 0.2) is 0 Å². The van der Waals surface area contributed by atoms with Gasteiger partial charge in [-0.2, -0.15) is 0 Å². The summed E-state index contributed by atoms with van der Waals surface area (Å²) in [5.41, 5.74) is -0.284. The number of nitrogens with one attached hydrogen (secondary N) is 2. The van der Waals surface area contributed by atoms with Gasteiger partial charge in [0.2, 0.25) is 0 Å². The van der Waals surface area contributed by atoms with Gasteiger partial charge in [0.1, 0.15) is 5.82 Å². The molecule has 0 aliphatic heterocycles. The first-order valence-corrected chi connectivity index (χ1v) is 6.57. The number of carboxylic acids is 1. The van der Waals surface area contributed by atoms with E-state index in [-0.39, 0.29) is 17.3 Å². The molecule has 0 radical (unpaired) electrons. The molecule has 3 N–H and O–H groups in total. The van der Waals surface area contributed by atoms with Gasteiger partial charge in [0.25, 0.3) is 0 Å². The Labute approximate surface area is 122 Å². The lowest BCUT2D eigenvalue weighted by Gasteiger charge is -2.17. The van der Waals surface area contributed by atoms with Crippen LogP contribution in [0.2, 0.25) is 0 Å². The molecule has 0 aromatic heterocycles. The maximum atomic E-state index is 13.6. The van der Waals surface area contributed by atoms with E-state index in [1.54, 1.807) is 0 Å². The second-order valence-electron chi connectivity index (χ2n) is 4.54. The number of carbonyl (C=O) groups is 2. The van der Waals surface area contributed by atoms with Crippen molar-refractivity contribution in [2.24, 2.45) is 0 Å². The third kappa shape index (κ3) is 5.39. The lowest BCUT2D eigenvalue weighted by molar-refractivity contribution is 0.0697. The predicted octanol–water partition coefficient (Wildman–Crippen LogP) is 2.46. The van der Waals surface area contributed by atoms with Crippen LogP contribution in [0, 0.1) is 5.82 Å². The Balaban J connectivity index is 2.73. The SMILES string of the molecule is CCCC(COC)NC(=O)Nc1cc(C(=O)O)ccc1F. The number of halogens is 1. The van der Waals surface area contributed by atoms with Crippen LogP contribution in [-0.2, 0) is 4.74 Å². The molecule has 2 amide bonds. The van der Waals surface area contributed by atoms with Crippen molar-refractivity contribution in [3.05, 3.63) is 29.6 Å². The van der Waals surface area contributed by atoms with Gasteiger partial charge in [-0.15, -0.1) is 0 Å². The highest BCUT2D eigenvalue weighted by atomic mass is 19.1. The molecular formula is C14H19FN2O4. The molecule has 1 aromatic carbocycles. The molecule has 1 atom stereocenters. The van der Waals surface area contributed by atoms with Gasteiger partial charge >= 0.3 is 12.0 Å². The number of carboxylic acid groups (broad SMARTS) is 1. The number of carbonyl (C=O) groups excluding carboxylic acids is 1. The lowest BCUT2D eigenvalue weighted by atomic mass is 10.2. The number of rotatable bonds is 7. The largest absolute Gasteiger partial charge is 0.478 e. The second-order valence-corrected chi connectivity index (χ2v) is 4.54. The van der Waals surface area contributed by atoms with Crippen molar-refractivity contribution in [1.29, 1.82) is 0 Å². The second kappa shape index (κ2) is 8.21. The number of aromatic carboxylic acids is 1. The lowest BCUT2D eigenvalue weighted by Crippen LogP contribution is -2.40. The van der Waals surface area contributed by atoms with Crippen molar-refractivity contribution in [1.82, 2.24) is 5.32 Å². The van der Waals surface area contributed by atoms with E-state index in [0.29, 0.717) is 6.61 Å². The van der Waals surface area contributed by atoms with Crippen LogP contribution < -0.4 is 10.6 Å². The van der Waals surface area contributed by atoms with E-state index in [1.165, 1.54) is 7.11 Å². The minimum absolute atomic E-state index is 0.103. The van der Waals surface area contributed by atoms with Gasteiger partial charge in [-0.1, -0.05) is 13.3 Å². The average molecular weight is 298 g/mol. The van der Waals surface area contributed by atoms with E-state index in [4.69, 9.17) is 9.84 Å². The first-order valence-electron chi connectivity index (χ1n) is 6.57. The Morgan fingerprint density at radius 3 is 2.71 bits per heavy atom. The van der Waals surface area contributed by atoms with Crippen LogP contribution >= 0.6 is 0 Å². The van der Waals surface area contributed by atoms with E-state index in [0.717, 1.165) is 31.0 Å². The molecule has 0 saturated heterocycles. The molecule has 0 spiro atoms. The minimum Gasteiger partial charge on any atom is -0.478 e. The van der Waals surface area contributed by atoms with Crippen molar-refractivity contribution in [2.75, 3.05) is 19.0 Å². The first kappa shape index (κ1) is 16.9. The first-order chi connectivity index (χ1) is 9.97. The molecule has 0 fully saturated rings. The monoisotopic (exact) mass is 298 g/mol. The molecule has 116 valence electrons. The zero-order chi connectivity index (χ0) is 15.8. The summed E-state index contributed by atoms with van der Waals surface area (Å²) in [5, 5.41) is 13.8. The standard InChI is InChI=1S/C14H19FN2O4/c1-3-4-10(8-21-2)16-14(20)17-12-7-9(13(18)19)5-6-11(12)15/h5-7,10H,3-4,8H2,1-2H3,(H,18,19)(H2,16,17,20). The van der Waals surface area contributed by atoms with Gasteiger partial charge in [0.05, 0.1) is 23.9 Å².